The Kier molecular flexibility index (Phi) is 7.80. The minimum Gasteiger partial charge on any atom is -0.349 e. The maximum Gasteiger partial charge on any atom is 0.417 e. The fourth-order valence-corrected chi connectivity index (χ4v) is 5.35. The van der Waals surface area contributed by atoms with Crippen LogP contribution in [0.2, 0.25) is 0 Å². The second kappa shape index (κ2) is 11.2. The molecule has 0 saturated carbocycles. The lowest BCUT2D eigenvalue weighted by Crippen LogP contribution is -2.46. The molecule has 42 heavy (non-hydrogen) atoms. The molecule has 3 heterocycles. The van der Waals surface area contributed by atoms with Crippen LogP contribution in [0.15, 0.2) is 70.7 Å². The summed E-state index contributed by atoms with van der Waals surface area (Å²) >= 11 is 2.92. The summed E-state index contributed by atoms with van der Waals surface area (Å²) in [6.45, 7) is 7.37. The third-order valence-corrected chi connectivity index (χ3v) is 7.89. The lowest BCUT2D eigenvalue weighted by atomic mass is 9.98. The zero-order valence-corrected chi connectivity index (χ0v) is 24.6. The van der Waals surface area contributed by atoms with Crippen molar-refractivity contribution >= 4 is 27.8 Å². The largest absolute Gasteiger partial charge is 0.417 e. The predicted molar refractivity (Wildman–Crippen MR) is 155 cm³/mol. The molecule has 1 amide bonds. The topological polar surface area (TPSA) is 97.9 Å². The van der Waals surface area contributed by atoms with Crippen molar-refractivity contribution in [2.45, 2.75) is 45.1 Å². The number of carbonyl (C=O) groups excluding carboxylic acids is 1. The van der Waals surface area contributed by atoms with Crippen molar-refractivity contribution in [2.75, 3.05) is 5.32 Å². The predicted octanol–water partition coefficient (Wildman–Crippen LogP) is 5.38. The summed E-state index contributed by atoms with van der Waals surface area (Å²) in [5, 5.41) is 11.2. The van der Waals surface area contributed by atoms with Crippen molar-refractivity contribution < 1.29 is 18.0 Å². The van der Waals surface area contributed by atoms with Gasteiger partial charge in [0, 0.05) is 40.3 Å². The number of hydrogen-bond acceptors (Lipinski definition) is 6. The zero-order valence-electron chi connectivity index (χ0n) is 23.0. The van der Waals surface area contributed by atoms with Crippen molar-refractivity contribution in [2.24, 2.45) is 7.05 Å². The van der Waals surface area contributed by atoms with Crippen molar-refractivity contribution in [3.8, 4) is 17.1 Å². The molecule has 9 nitrogen and oxygen atoms in total. The van der Waals surface area contributed by atoms with Crippen molar-refractivity contribution in [3.05, 3.63) is 98.7 Å². The van der Waals surface area contributed by atoms with E-state index in [2.05, 4.69) is 38.0 Å². The van der Waals surface area contributed by atoms with E-state index in [0.29, 0.717) is 22.8 Å². The van der Waals surface area contributed by atoms with Gasteiger partial charge in [-0.2, -0.15) is 13.2 Å². The highest BCUT2D eigenvalue weighted by molar-refractivity contribution is 9.10. The van der Waals surface area contributed by atoms with E-state index < -0.39 is 23.7 Å². The highest BCUT2D eigenvalue weighted by Gasteiger charge is 2.36. The van der Waals surface area contributed by atoms with E-state index in [1.54, 1.807) is 36.0 Å². The molecule has 5 rings (SSSR count). The standard InChI is InChI=1S/C29H27BrF3N7O2/c1-5-16(2)35-28-36-24-14-39(26(41)19-8-11-23(30)22(13-19)29(31,32)33)17(3)12-21(24)27(42)40(28)20-9-6-18(7-10-20)25-37-34-15-38(25)4/h5-11,13,15-17H,1,12,14H2,2-4H3,(H,35,36)/t16-,17+/m0/s1. The van der Waals surface area contributed by atoms with E-state index in [0.717, 1.165) is 11.6 Å². The molecule has 1 aliphatic rings. The lowest BCUT2D eigenvalue weighted by Gasteiger charge is -2.35. The van der Waals surface area contributed by atoms with E-state index in [-0.39, 0.29) is 40.6 Å². The van der Waals surface area contributed by atoms with Crippen LogP contribution >= 0.6 is 15.9 Å². The SMILES string of the molecule is C=C[C@H](C)Nc1nc2c(c(=O)n1-c1ccc(-c3nncn3C)cc1)C[C@@H](C)N(C(=O)c1ccc(Br)c(C(F)(F)F)c1)C2. The molecule has 0 aliphatic carbocycles. The number of hydrogen-bond donors (Lipinski definition) is 1. The number of nitrogens with zero attached hydrogens (tertiary/aromatic N) is 6. The number of anilines is 1. The summed E-state index contributed by atoms with van der Waals surface area (Å²) in [5.41, 5.74) is 0.868. The van der Waals surface area contributed by atoms with E-state index in [1.165, 1.54) is 21.6 Å². The zero-order chi connectivity index (χ0) is 30.3. The van der Waals surface area contributed by atoms with Crippen molar-refractivity contribution in [3.63, 3.8) is 0 Å². The molecule has 0 fully saturated rings. The number of carbonyl (C=O) groups is 1. The second-order valence-electron chi connectivity index (χ2n) is 10.2. The van der Waals surface area contributed by atoms with Crippen LogP contribution in [0, 0.1) is 0 Å². The Hall–Kier alpha value is -4.26. The average molecular weight is 642 g/mol. The lowest BCUT2D eigenvalue weighted by molar-refractivity contribution is -0.138. The number of alkyl halides is 3. The summed E-state index contributed by atoms with van der Waals surface area (Å²) in [4.78, 5) is 33.6. The summed E-state index contributed by atoms with van der Waals surface area (Å²) in [6, 6.07) is 9.93. The monoisotopic (exact) mass is 641 g/mol. The van der Waals surface area contributed by atoms with Gasteiger partial charge in [0.25, 0.3) is 11.5 Å². The van der Waals surface area contributed by atoms with Gasteiger partial charge in [-0.3, -0.25) is 9.59 Å². The van der Waals surface area contributed by atoms with Gasteiger partial charge in [0.1, 0.15) is 6.33 Å². The first-order valence-electron chi connectivity index (χ1n) is 13.1. The van der Waals surface area contributed by atoms with Crippen LogP contribution in [0.3, 0.4) is 0 Å². The highest BCUT2D eigenvalue weighted by atomic mass is 79.9. The first-order valence-corrected chi connectivity index (χ1v) is 13.8. The summed E-state index contributed by atoms with van der Waals surface area (Å²) in [6.07, 6.45) is -1.18. The highest BCUT2D eigenvalue weighted by Crippen LogP contribution is 2.36. The molecule has 218 valence electrons. The minimum absolute atomic E-state index is 0.0366. The number of amides is 1. The van der Waals surface area contributed by atoms with Crippen LogP contribution in [-0.4, -0.2) is 47.2 Å². The van der Waals surface area contributed by atoms with Gasteiger partial charge in [-0.1, -0.05) is 22.0 Å². The molecule has 2 atom stereocenters. The molecule has 2 aromatic carbocycles. The Morgan fingerprint density at radius 2 is 1.93 bits per heavy atom. The van der Waals surface area contributed by atoms with Crippen LogP contribution in [0.5, 0.6) is 0 Å². The fraction of sp³-hybridized carbons (Fsp3) is 0.276. The molecule has 0 spiro atoms. The minimum atomic E-state index is -4.63. The molecule has 0 saturated heterocycles. The van der Waals surface area contributed by atoms with Gasteiger partial charge in [-0.15, -0.1) is 16.8 Å². The van der Waals surface area contributed by atoms with Gasteiger partial charge in [0.05, 0.1) is 23.5 Å². The fourth-order valence-electron chi connectivity index (χ4n) is 4.87. The molecule has 4 aromatic rings. The van der Waals surface area contributed by atoms with Crippen molar-refractivity contribution in [1.29, 1.82) is 0 Å². The molecular formula is C29H27BrF3N7O2. The normalized spacial score (nSPS) is 15.7. The van der Waals surface area contributed by atoms with Gasteiger partial charge >= 0.3 is 6.18 Å². The van der Waals surface area contributed by atoms with E-state index in [9.17, 15) is 22.8 Å². The van der Waals surface area contributed by atoms with Crippen LogP contribution in [0.1, 0.15) is 41.0 Å². The Labute approximate surface area is 247 Å². The quantitative estimate of drug-likeness (QED) is 0.284. The van der Waals surface area contributed by atoms with Crippen LogP contribution in [-0.2, 0) is 26.2 Å². The van der Waals surface area contributed by atoms with Gasteiger partial charge in [0.15, 0.2) is 5.82 Å². The van der Waals surface area contributed by atoms with Gasteiger partial charge < -0.3 is 14.8 Å². The molecule has 2 aromatic heterocycles. The number of aryl methyl sites for hydroxylation is 1. The molecule has 0 radical (unpaired) electrons. The third-order valence-electron chi connectivity index (χ3n) is 7.20. The summed E-state index contributed by atoms with van der Waals surface area (Å²) < 4.78 is 43.6. The first kappa shape index (κ1) is 29.2. The van der Waals surface area contributed by atoms with Gasteiger partial charge in [-0.25, -0.2) is 9.55 Å². The smallest absolute Gasteiger partial charge is 0.349 e. The average Bonchev–Trinajstić information content (AvgIpc) is 3.38. The molecule has 0 bridgehead atoms. The number of nitrogens with one attached hydrogen (secondary N) is 1. The van der Waals surface area contributed by atoms with E-state index in [4.69, 9.17) is 4.98 Å². The Bertz CT molecular complexity index is 1730. The number of fused-ring (bicyclic) bond motifs is 1. The van der Waals surface area contributed by atoms with E-state index >= 15 is 0 Å². The molecular weight excluding hydrogens is 615 g/mol. The Morgan fingerprint density at radius 1 is 1.21 bits per heavy atom. The first-order chi connectivity index (χ1) is 19.9. The molecule has 13 heteroatoms. The Balaban J connectivity index is 1.54. The van der Waals surface area contributed by atoms with Crippen molar-refractivity contribution in [1.82, 2.24) is 29.2 Å². The Morgan fingerprint density at radius 3 is 2.55 bits per heavy atom. The number of rotatable bonds is 6. The third kappa shape index (κ3) is 5.48. The number of halogens is 4. The van der Waals surface area contributed by atoms with Crippen LogP contribution in [0.25, 0.3) is 17.1 Å². The number of aromatic nitrogens is 5. The second-order valence-corrected chi connectivity index (χ2v) is 11.0. The maximum atomic E-state index is 14.0. The van der Waals surface area contributed by atoms with E-state index in [1.807, 2.05) is 26.1 Å². The molecule has 1 aliphatic heterocycles. The van der Waals surface area contributed by atoms with Crippen LogP contribution < -0.4 is 10.9 Å². The molecule has 1 N–H and O–H groups in total. The number of benzene rings is 2. The van der Waals surface area contributed by atoms with Gasteiger partial charge in [0.2, 0.25) is 5.95 Å². The van der Waals surface area contributed by atoms with Gasteiger partial charge in [-0.05, 0) is 62.7 Å². The summed E-state index contributed by atoms with van der Waals surface area (Å²) in [7, 11) is 1.83. The summed E-state index contributed by atoms with van der Waals surface area (Å²) in [5.74, 6) is 0.343. The van der Waals surface area contributed by atoms with Crippen LogP contribution in [0.4, 0.5) is 19.1 Å². The maximum absolute atomic E-state index is 14.0. The molecule has 0 unspecified atom stereocenters.